The molecular weight excluding hydrogens is 232 g/mol. The molecule has 4 heteroatoms. The maximum Gasteiger partial charge on any atom is 0.216 e. The number of hydrogen-bond donors (Lipinski definition) is 1. The van der Waals surface area contributed by atoms with Crippen LogP contribution in [0.2, 0.25) is 0 Å². The summed E-state index contributed by atoms with van der Waals surface area (Å²) in [5.41, 5.74) is 4.95. The molecule has 1 N–H and O–H groups in total. The Kier molecular flexibility index (Phi) is 3.44. The summed E-state index contributed by atoms with van der Waals surface area (Å²) in [6.07, 6.45) is 1.80. The summed E-state index contributed by atoms with van der Waals surface area (Å²) in [6, 6.07) is 8.01. The first-order valence-corrected chi connectivity index (χ1v) is 6.08. The van der Waals surface area contributed by atoms with E-state index >= 15 is 0 Å². The highest BCUT2D eigenvalue weighted by atomic mass is 32.1. The van der Waals surface area contributed by atoms with Gasteiger partial charge in [-0.15, -0.1) is 0 Å². The summed E-state index contributed by atoms with van der Waals surface area (Å²) in [6.45, 7) is 7.91. The van der Waals surface area contributed by atoms with Crippen LogP contribution >= 0.6 is 11.3 Å². The van der Waals surface area contributed by atoms with Crippen molar-refractivity contribution < 1.29 is 4.84 Å². The van der Waals surface area contributed by atoms with Gasteiger partial charge in [0.1, 0.15) is 0 Å². The van der Waals surface area contributed by atoms with E-state index in [0.717, 1.165) is 15.6 Å². The van der Waals surface area contributed by atoms with Crippen LogP contribution in [0.25, 0.3) is 5.76 Å². The van der Waals surface area contributed by atoms with Gasteiger partial charge in [0.25, 0.3) is 0 Å². The van der Waals surface area contributed by atoms with Crippen LogP contribution in [0.4, 0.5) is 5.13 Å². The Bertz CT molecular complexity index is 516. The highest BCUT2D eigenvalue weighted by molar-refractivity contribution is 7.15. The fourth-order valence-corrected chi connectivity index (χ4v) is 1.90. The number of nitrogens with zero attached hydrogens (tertiary/aromatic N) is 1. The first kappa shape index (κ1) is 11.7. The van der Waals surface area contributed by atoms with Crippen LogP contribution in [0.3, 0.4) is 0 Å². The molecule has 1 aromatic carbocycles. The first-order chi connectivity index (χ1) is 8.15. The molecule has 0 aliphatic heterocycles. The van der Waals surface area contributed by atoms with Crippen LogP contribution in [-0.2, 0) is 4.84 Å². The fourth-order valence-electron chi connectivity index (χ4n) is 1.31. The van der Waals surface area contributed by atoms with Crippen molar-refractivity contribution in [1.29, 1.82) is 0 Å². The number of anilines is 1. The van der Waals surface area contributed by atoms with Gasteiger partial charge in [0.2, 0.25) is 5.13 Å². The maximum absolute atomic E-state index is 5.37. The van der Waals surface area contributed by atoms with Crippen LogP contribution in [0.5, 0.6) is 0 Å². The quantitative estimate of drug-likeness (QED) is 0.658. The molecule has 1 heterocycles. The van der Waals surface area contributed by atoms with Gasteiger partial charge in [-0.2, -0.15) is 5.48 Å². The van der Waals surface area contributed by atoms with Gasteiger partial charge < -0.3 is 4.84 Å². The molecule has 0 unspecified atom stereocenters. The van der Waals surface area contributed by atoms with E-state index < -0.39 is 0 Å². The zero-order valence-electron chi connectivity index (χ0n) is 9.86. The van der Waals surface area contributed by atoms with Crippen LogP contribution < -0.4 is 5.48 Å². The lowest BCUT2D eigenvalue weighted by atomic mass is 10.1. The van der Waals surface area contributed by atoms with Crippen molar-refractivity contribution in [2.75, 3.05) is 5.48 Å². The highest BCUT2D eigenvalue weighted by Crippen LogP contribution is 2.19. The molecule has 0 aliphatic carbocycles. The van der Waals surface area contributed by atoms with Crippen molar-refractivity contribution in [2.24, 2.45) is 0 Å². The molecule has 88 valence electrons. The van der Waals surface area contributed by atoms with Gasteiger partial charge >= 0.3 is 0 Å². The van der Waals surface area contributed by atoms with Crippen LogP contribution in [-0.4, -0.2) is 4.98 Å². The number of thiazole rings is 1. The van der Waals surface area contributed by atoms with Crippen molar-refractivity contribution in [3.63, 3.8) is 0 Å². The number of nitrogens with one attached hydrogen (secondary N) is 1. The standard InChI is InChI=1S/C13H14N2OS/c1-9-4-6-12(7-5-9)11(3)16-15-13-14-8-10(2)17-13/h4-8H,3H2,1-2H3,(H,14,15). The number of aryl methyl sites for hydroxylation is 2. The average Bonchev–Trinajstić information content (AvgIpc) is 2.73. The second kappa shape index (κ2) is 5.01. The second-order valence-corrected chi connectivity index (χ2v) is 5.00. The number of hydrogen-bond acceptors (Lipinski definition) is 4. The summed E-state index contributed by atoms with van der Waals surface area (Å²) in [4.78, 5) is 10.6. The normalized spacial score (nSPS) is 10.0. The molecule has 17 heavy (non-hydrogen) atoms. The van der Waals surface area contributed by atoms with Gasteiger partial charge in [0, 0.05) is 16.6 Å². The third kappa shape index (κ3) is 3.07. The van der Waals surface area contributed by atoms with Gasteiger partial charge in [-0.05, 0) is 13.8 Å². The van der Waals surface area contributed by atoms with Crippen molar-refractivity contribution in [1.82, 2.24) is 4.98 Å². The van der Waals surface area contributed by atoms with Gasteiger partial charge in [-0.1, -0.05) is 47.7 Å². The molecule has 1 aromatic heterocycles. The summed E-state index contributed by atoms with van der Waals surface area (Å²) >= 11 is 1.54. The molecule has 0 fully saturated rings. The van der Waals surface area contributed by atoms with Gasteiger partial charge in [-0.25, -0.2) is 4.98 Å². The molecule has 0 saturated heterocycles. The lowest BCUT2D eigenvalue weighted by molar-refractivity contribution is 0.362. The van der Waals surface area contributed by atoms with E-state index in [-0.39, 0.29) is 0 Å². The molecule has 0 aliphatic rings. The third-order valence-corrected chi connectivity index (χ3v) is 3.07. The molecular formula is C13H14N2OS. The predicted octanol–water partition coefficient (Wildman–Crippen LogP) is 3.77. The van der Waals surface area contributed by atoms with Crippen molar-refractivity contribution >= 4 is 22.2 Å². The number of rotatable bonds is 4. The molecule has 0 atom stereocenters. The monoisotopic (exact) mass is 246 g/mol. The zero-order valence-corrected chi connectivity index (χ0v) is 10.7. The molecule has 0 spiro atoms. The van der Waals surface area contributed by atoms with E-state index in [2.05, 4.69) is 17.0 Å². The molecule has 0 bridgehead atoms. The predicted molar refractivity (Wildman–Crippen MR) is 71.8 cm³/mol. The molecule has 0 saturated carbocycles. The van der Waals surface area contributed by atoms with Crippen LogP contribution in [0, 0.1) is 13.8 Å². The largest absolute Gasteiger partial charge is 0.380 e. The van der Waals surface area contributed by atoms with Gasteiger partial charge in [0.05, 0.1) is 0 Å². The van der Waals surface area contributed by atoms with E-state index in [0.29, 0.717) is 5.76 Å². The summed E-state index contributed by atoms with van der Waals surface area (Å²) in [5, 5.41) is 0.732. The first-order valence-electron chi connectivity index (χ1n) is 5.26. The topological polar surface area (TPSA) is 34.1 Å². The minimum atomic E-state index is 0.581. The van der Waals surface area contributed by atoms with Crippen molar-refractivity contribution in [3.8, 4) is 0 Å². The third-order valence-electron chi connectivity index (χ3n) is 2.26. The number of benzene rings is 1. The average molecular weight is 246 g/mol. The highest BCUT2D eigenvalue weighted by Gasteiger charge is 2.02. The fraction of sp³-hybridized carbons (Fsp3) is 0.154. The van der Waals surface area contributed by atoms with Crippen LogP contribution in [0.15, 0.2) is 37.0 Å². The minimum Gasteiger partial charge on any atom is -0.380 e. The van der Waals surface area contributed by atoms with Gasteiger partial charge in [0.15, 0.2) is 5.76 Å². The Morgan fingerprint density at radius 3 is 2.59 bits per heavy atom. The summed E-state index contributed by atoms with van der Waals surface area (Å²) in [7, 11) is 0. The zero-order chi connectivity index (χ0) is 12.3. The molecule has 2 rings (SSSR count). The van der Waals surface area contributed by atoms with Gasteiger partial charge in [-0.3, -0.25) is 0 Å². The molecule has 0 radical (unpaired) electrons. The van der Waals surface area contributed by atoms with E-state index in [1.54, 1.807) is 6.20 Å². The Balaban J connectivity index is 1.95. The lowest BCUT2D eigenvalue weighted by Crippen LogP contribution is -1.99. The number of aromatic nitrogens is 1. The lowest BCUT2D eigenvalue weighted by Gasteiger charge is -2.08. The maximum atomic E-state index is 5.37. The van der Waals surface area contributed by atoms with E-state index in [9.17, 15) is 0 Å². The molecule has 0 amide bonds. The van der Waals surface area contributed by atoms with Crippen LogP contribution in [0.1, 0.15) is 16.0 Å². The smallest absolute Gasteiger partial charge is 0.216 e. The molecule has 2 aromatic rings. The summed E-state index contributed by atoms with van der Waals surface area (Å²) < 4.78 is 0. The second-order valence-electron chi connectivity index (χ2n) is 3.77. The Morgan fingerprint density at radius 2 is 2.00 bits per heavy atom. The van der Waals surface area contributed by atoms with Crippen molar-refractivity contribution in [3.05, 3.63) is 53.0 Å². The minimum absolute atomic E-state index is 0.581. The van der Waals surface area contributed by atoms with E-state index in [1.165, 1.54) is 16.9 Å². The Hall–Kier alpha value is -1.81. The van der Waals surface area contributed by atoms with Crippen molar-refractivity contribution in [2.45, 2.75) is 13.8 Å². The summed E-state index contributed by atoms with van der Waals surface area (Å²) in [5.74, 6) is 0.581. The SMILES string of the molecule is C=C(ONc1ncc(C)s1)c1ccc(C)cc1. The van der Waals surface area contributed by atoms with E-state index in [4.69, 9.17) is 4.84 Å². The Labute approximate surface area is 105 Å². The molecule has 3 nitrogen and oxygen atoms in total. The Morgan fingerprint density at radius 1 is 1.29 bits per heavy atom. The van der Waals surface area contributed by atoms with E-state index in [1.807, 2.05) is 38.1 Å².